The topological polar surface area (TPSA) is 67.6 Å². The van der Waals surface area contributed by atoms with Gasteiger partial charge in [0.05, 0.1) is 12.7 Å². The predicted molar refractivity (Wildman–Crippen MR) is 108 cm³/mol. The molecule has 1 aliphatic rings. The van der Waals surface area contributed by atoms with E-state index in [1.807, 2.05) is 30.3 Å². The van der Waals surface area contributed by atoms with Crippen LogP contribution in [0.4, 0.5) is 0 Å². The summed E-state index contributed by atoms with van der Waals surface area (Å²) in [4.78, 5) is 18.8. The van der Waals surface area contributed by atoms with E-state index in [0.717, 1.165) is 25.2 Å². The molecule has 1 fully saturated rings. The molecule has 1 aromatic heterocycles. The number of aromatic nitrogens is 1. The van der Waals surface area contributed by atoms with E-state index in [9.17, 15) is 4.79 Å². The molecule has 1 N–H and O–H groups in total. The quantitative estimate of drug-likeness (QED) is 0.669. The molecule has 0 radical (unpaired) electrons. The normalized spacial score (nSPS) is 17.9. The number of ether oxygens (including phenoxy) is 1. The first kappa shape index (κ1) is 18.4. The molecule has 1 atom stereocenters. The molecular weight excluding hydrogens is 354 g/mol. The smallest absolute Gasteiger partial charge is 0.244 e. The number of nitrogens with one attached hydrogen (secondary N) is 1. The minimum absolute atomic E-state index is 0.0147. The number of carbonyl (C=O) groups excluding carboxylic acids is 1. The summed E-state index contributed by atoms with van der Waals surface area (Å²) in [5.41, 5.74) is 2.77. The molecular formula is C22H23N3O3. The Labute approximate surface area is 163 Å². The summed E-state index contributed by atoms with van der Waals surface area (Å²) in [7, 11) is 0. The molecule has 2 aromatic carbocycles. The van der Waals surface area contributed by atoms with Crippen LogP contribution >= 0.6 is 0 Å². The SMILES string of the molecule is O=C(/C=C/c1nc2ccccc2o1)NCC1CN(Cc2ccccc2)CCO1. The van der Waals surface area contributed by atoms with Crippen molar-refractivity contribution in [1.82, 2.24) is 15.2 Å². The van der Waals surface area contributed by atoms with E-state index >= 15 is 0 Å². The highest BCUT2D eigenvalue weighted by Gasteiger charge is 2.20. The number of carbonyl (C=O) groups is 1. The molecule has 0 bridgehead atoms. The number of hydrogen-bond acceptors (Lipinski definition) is 5. The third-order valence-corrected chi connectivity index (χ3v) is 4.66. The summed E-state index contributed by atoms with van der Waals surface area (Å²) in [6.45, 7) is 3.74. The second kappa shape index (κ2) is 8.82. The van der Waals surface area contributed by atoms with Gasteiger partial charge in [0.15, 0.2) is 5.58 Å². The van der Waals surface area contributed by atoms with E-state index in [0.29, 0.717) is 24.6 Å². The van der Waals surface area contributed by atoms with Crippen LogP contribution in [-0.2, 0) is 16.1 Å². The molecule has 6 nitrogen and oxygen atoms in total. The number of hydrogen-bond donors (Lipinski definition) is 1. The fourth-order valence-electron chi connectivity index (χ4n) is 3.27. The molecule has 0 aliphatic carbocycles. The average Bonchev–Trinajstić information content (AvgIpc) is 3.15. The van der Waals surface area contributed by atoms with E-state index < -0.39 is 0 Å². The lowest BCUT2D eigenvalue weighted by Crippen LogP contribution is -2.46. The van der Waals surface area contributed by atoms with Crippen molar-refractivity contribution in [2.45, 2.75) is 12.6 Å². The van der Waals surface area contributed by atoms with E-state index in [1.165, 1.54) is 11.6 Å². The number of oxazole rings is 1. The lowest BCUT2D eigenvalue weighted by Gasteiger charge is -2.33. The van der Waals surface area contributed by atoms with Crippen LogP contribution in [0.1, 0.15) is 11.5 Å². The number of amides is 1. The van der Waals surface area contributed by atoms with E-state index in [1.54, 1.807) is 6.08 Å². The fraction of sp³-hybridized carbons (Fsp3) is 0.273. The van der Waals surface area contributed by atoms with Gasteiger partial charge in [0.2, 0.25) is 11.8 Å². The highest BCUT2D eigenvalue weighted by Crippen LogP contribution is 2.15. The minimum atomic E-state index is -0.189. The van der Waals surface area contributed by atoms with Gasteiger partial charge < -0.3 is 14.5 Å². The van der Waals surface area contributed by atoms with Gasteiger partial charge in [0.25, 0.3) is 0 Å². The maximum absolute atomic E-state index is 12.1. The Kier molecular flexibility index (Phi) is 5.80. The third-order valence-electron chi connectivity index (χ3n) is 4.66. The number of fused-ring (bicyclic) bond motifs is 1. The van der Waals surface area contributed by atoms with Crippen LogP contribution in [-0.4, -0.2) is 48.1 Å². The van der Waals surface area contributed by atoms with Crippen molar-refractivity contribution in [3.05, 3.63) is 72.1 Å². The molecule has 0 saturated carbocycles. The van der Waals surface area contributed by atoms with Crippen molar-refractivity contribution < 1.29 is 13.9 Å². The number of para-hydroxylation sites is 2. The van der Waals surface area contributed by atoms with Crippen LogP contribution in [0.15, 0.2) is 65.1 Å². The maximum Gasteiger partial charge on any atom is 0.244 e. The molecule has 2 heterocycles. The van der Waals surface area contributed by atoms with Crippen LogP contribution in [0.2, 0.25) is 0 Å². The van der Waals surface area contributed by atoms with Gasteiger partial charge in [-0.3, -0.25) is 9.69 Å². The Bertz CT molecular complexity index is 919. The largest absolute Gasteiger partial charge is 0.437 e. The van der Waals surface area contributed by atoms with Crippen molar-refractivity contribution in [3.8, 4) is 0 Å². The number of benzene rings is 2. The van der Waals surface area contributed by atoms with Gasteiger partial charge in [-0.25, -0.2) is 4.98 Å². The highest BCUT2D eigenvalue weighted by molar-refractivity contribution is 5.91. The van der Waals surface area contributed by atoms with Crippen LogP contribution in [0.5, 0.6) is 0 Å². The van der Waals surface area contributed by atoms with Crippen LogP contribution in [0.3, 0.4) is 0 Å². The molecule has 144 valence electrons. The van der Waals surface area contributed by atoms with E-state index in [2.05, 4.69) is 39.5 Å². The Balaban J connectivity index is 1.25. The van der Waals surface area contributed by atoms with Crippen LogP contribution in [0, 0.1) is 0 Å². The van der Waals surface area contributed by atoms with Crippen LogP contribution < -0.4 is 5.32 Å². The lowest BCUT2D eigenvalue weighted by atomic mass is 10.2. The molecule has 1 saturated heterocycles. The molecule has 1 unspecified atom stereocenters. The van der Waals surface area contributed by atoms with Gasteiger partial charge >= 0.3 is 0 Å². The highest BCUT2D eigenvalue weighted by atomic mass is 16.5. The molecule has 6 heteroatoms. The first-order chi connectivity index (χ1) is 13.8. The summed E-state index contributed by atoms with van der Waals surface area (Å²) in [6, 6.07) is 17.9. The van der Waals surface area contributed by atoms with Gasteiger partial charge in [0, 0.05) is 38.3 Å². The van der Waals surface area contributed by atoms with Crippen molar-refractivity contribution >= 4 is 23.1 Å². The average molecular weight is 377 g/mol. The maximum atomic E-state index is 12.1. The first-order valence-electron chi connectivity index (χ1n) is 9.45. The van der Waals surface area contributed by atoms with Crippen molar-refractivity contribution in [3.63, 3.8) is 0 Å². The summed E-state index contributed by atoms with van der Waals surface area (Å²) >= 11 is 0. The third kappa shape index (κ3) is 4.85. The van der Waals surface area contributed by atoms with Gasteiger partial charge in [0.1, 0.15) is 5.52 Å². The standard InChI is InChI=1S/C22H23N3O3/c26-21(10-11-22-24-19-8-4-5-9-20(19)28-22)23-14-18-16-25(12-13-27-18)15-17-6-2-1-3-7-17/h1-11,18H,12-16H2,(H,23,26)/b11-10+. The van der Waals surface area contributed by atoms with Gasteiger partial charge in [-0.05, 0) is 17.7 Å². The molecule has 3 aromatic rings. The molecule has 28 heavy (non-hydrogen) atoms. The summed E-state index contributed by atoms with van der Waals surface area (Å²) in [6.07, 6.45) is 3.01. The summed E-state index contributed by atoms with van der Waals surface area (Å²) < 4.78 is 11.4. The number of morpholine rings is 1. The zero-order valence-electron chi connectivity index (χ0n) is 15.6. The van der Waals surface area contributed by atoms with Gasteiger partial charge in [-0.15, -0.1) is 0 Å². The Morgan fingerprint density at radius 1 is 1.18 bits per heavy atom. The number of rotatable bonds is 6. The van der Waals surface area contributed by atoms with Crippen LogP contribution in [0.25, 0.3) is 17.2 Å². The minimum Gasteiger partial charge on any atom is -0.437 e. The summed E-state index contributed by atoms with van der Waals surface area (Å²) in [5, 5.41) is 2.89. The predicted octanol–water partition coefficient (Wildman–Crippen LogP) is 2.86. The molecule has 1 amide bonds. The summed E-state index contributed by atoms with van der Waals surface area (Å²) in [5.74, 6) is 0.227. The number of nitrogens with zero attached hydrogens (tertiary/aromatic N) is 2. The second-order valence-corrected chi connectivity index (χ2v) is 6.81. The molecule has 1 aliphatic heterocycles. The van der Waals surface area contributed by atoms with Crippen molar-refractivity contribution in [2.75, 3.05) is 26.2 Å². The van der Waals surface area contributed by atoms with E-state index in [-0.39, 0.29) is 12.0 Å². The van der Waals surface area contributed by atoms with E-state index in [4.69, 9.17) is 9.15 Å². The first-order valence-corrected chi connectivity index (χ1v) is 9.45. The van der Waals surface area contributed by atoms with Gasteiger partial charge in [-0.1, -0.05) is 42.5 Å². The second-order valence-electron chi connectivity index (χ2n) is 6.81. The Morgan fingerprint density at radius 2 is 2.00 bits per heavy atom. The Hall–Kier alpha value is -2.96. The molecule has 0 spiro atoms. The van der Waals surface area contributed by atoms with Gasteiger partial charge in [-0.2, -0.15) is 0 Å². The lowest BCUT2D eigenvalue weighted by molar-refractivity contribution is -0.117. The zero-order chi connectivity index (χ0) is 19.2. The monoisotopic (exact) mass is 377 g/mol. The fourth-order valence-corrected chi connectivity index (χ4v) is 3.27. The van der Waals surface area contributed by atoms with Crippen molar-refractivity contribution in [1.29, 1.82) is 0 Å². The van der Waals surface area contributed by atoms with Crippen molar-refractivity contribution in [2.24, 2.45) is 0 Å². The Morgan fingerprint density at radius 3 is 2.86 bits per heavy atom. The zero-order valence-corrected chi connectivity index (χ0v) is 15.6. The molecule has 4 rings (SSSR count).